The van der Waals surface area contributed by atoms with Gasteiger partial charge in [0.2, 0.25) is 0 Å². The molecular formula is C33H42. The van der Waals surface area contributed by atoms with Crippen LogP contribution in [-0.4, -0.2) is 0 Å². The molecule has 0 saturated heterocycles. The van der Waals surface area contributed by atoms with Crippen LogP contribution in [0, 0.1) is 29.6 Å². The number of hydrogen-bond donors (Lipinski definition) is 0. The van der Waals surface area contributed by atoms with Crippen LogP contribution in [0.4, 0.5) is 0 Å². The third-order valence-electron chi connectivity index (χ3n) is 7.05. The van der Waals surface area contributed by atoms with Gasteiger partial charge >= 0.3 is 0 Å². The van der Waals surface area contributed by atoms with E-state index in [1.165, 1.54) is 82.6 Å². The Hall–Kier alpha value is -2.44. The molecule has 1 aliphatic carbocycles. The van der Waals surface area contributed by atoms with E-state index in [0.717, 1.165) is 34.9 Å². The van der Waals surface area contributed by atoms with Crippen molar-refractivity contribution in [2.75, 3.05) is 0 Å². The maximum Gasteiger partial charge on any atom is 0.0249 e. The largest absolute Gasteiger partial charge is 0.0979 e. The Kier molecular flexibility index (Phi) is 11.2. The molecule has 0 bridgehead atoms. The topological polar surface area (TPSA) is 0 Å². The molecule has 2 aromatic carbocycles. The molecule has 2 aromatic rings. The summed E-state index contributed by atoms with van der Waals surface area (Å²) in [5.74, 6) is 15.0. The van der Waals surface area contributed by atoms with Gasteiger partial charge in [-0.3, -0.25) is 0 Å². The van der Waals surface area contributed by atoms with E-state index in [4.69, 9.17) is 0 Å². The van der Waals surface area contributed by atoms with Crippen LogP contribution in [0.2, 0.25) is 0 Å². The van der Waals surface area contributed by atoms with Crippen LogP contribution in [0.25, 0.3) is 0 Å². The van der Waals surface area contributed by atoms with Gasteiger partial charge in [-0.1, -0.05) is 94.6 Å². The fourth-order valence-corrected chi connectivity index (χ4v) is 4.97. The van der Waals surface area contributed by atoms with Crippen LogP contribution >= 0.6 is 0 Å². The predicted molar refractivity (Wildman–Crippen MR) is 143 cm³/mol. The van der Waals surface area contributed by atoms with E-state index >= 15 is 0 Å². The molecule has 1 saturated carbocycles. The third-order valence-corrected chi connectivity index (χ3v) is 7.05. The molecule has 0 nitrogen and oxygen atoms in total. The Morgan fingerprint density at radius 1 is 0.606 bits per heavy atom. The Morgan fingerprint density at radius 3 is 1.76 bits per heavy atom. The second-order valence-electron chi connectivity index (χ2n) is 9.78. The molecule has 0 aromatic heterocycles. The van der Waals surface area contributed by atoms with E-state index < -0.39 is 0 Å². The van der Waals surface area contributed by atoms with Crippen molar-refractivity contribution in [1.82, 2.24) is 0 Å². The van der Waals surface area contributed by atoms with Crippen LogP contribution in [0.1, 0.15) is 125 Å². The van der Waals surface area contributed by atoms with Gasteiger partial charge in [0.1, 0.15) is 0 Å². The Labute approximate surface area is 203 Å². The Balaban J connectivity index is 1.44. The van der Waals surface area contributed by atoms with Crippen LogP contribution in [0.3, 0.4) is 0 Å². The molecule has 0 unspecified atom stereocenters. The van der Waals surface area contributed by atoms with Crippen molar-refractivity contribution in [1.29, 1.82) is 0 Å². The van der Waals surface area contributed by atoms with Crippen molar-refractivity contribution >= 4 is 0 Å². The second kappa shape index (κ2) is 14.7. The first-order valence-corrected chi connectivity index (χ1v) is 13.5. The lowest BCUT2D eigenvalue weighted by molar-refractivity contribution is 0.308. The lowest BCUT2D eigenvalue weighted by atomic mass is 9.77. The van der Waals surface area contributed by atoms with Crippen LogP contribution in [0.15, 0.2) is 48.5 Å². The molecular weight excluding hydrogens is 396 g/mol. The van der Waals surface area contributed by atoms with E-state index in [0.29, 0.717) is 0 Å². The number of benzene rings is 2. The first-order chi connectivity index (χ1) is 16.3. The highest BCUT2D eigenvalue weighted by molar-refractivity contribution is 5.46. The molecule has 33 heavy (non-hydrogen) atoms. The quantitative estimate of drug-likeness (QED) is 0.270. The zero-order chi connectivity index (χ0) is 23.1. The molecule has 0 atom stereocenters. The van der Waals surface area contributed by atoms with Crippen molar-refractivity contribution in [3.8, 4) is 23.7 Å². The maximum absolute atomic E-state index is 3.33. The standard InChI is InChI=1S/C33H42/c1-3-5-6-7-8-9-10-11-13-29-14-16-30(17-15-29)18-19-31-22-26-33(27-23-31)32-24-20-28(12-4-2)21-25-32/h14-17,22-23,26-28,32H,3-10,12,20-21,24-25H2,1-2H3. The summed E-state index contributed by atoms with van der Waals surface area (Å²) >= 11 is 0. The monoisotopic (exact) mass is 438 g/mol. The zero-order valence-corrected chi connectivity index (χ0v) is 21.0. The lowest BCUT2D eigenvalue weighted by Crippen LogP contribution is -2.13. The molecule has 0 heterocycles. The molecule has 0 aliphatic heterocycles. The summed E-state index contributed by atoms with van der Waals surface area (Å²) in [5.41, 5.74) is 4.74. The molecule has 0 heteroatoms. The van der Waals surface area contributed by atoms with Crippen molar-refractivity contribution in [2.24, 2.45) is 5.92 Å². The minimum atomic E-state index is 0.745. The number of rotatable bonds is 9. The van der Waals surface area contributed by atoms with Gasteiger partial charge < -0.3 is 0 Å². The molecule has 174 valence electrons. The third kappa shape index (κ3) is 9.14. The molecule has 0 spiro atoms. The minimum Gasteiger partial charge on any atom is -0.0979 e. The lowest BCUT2D eigenvalue weighted by Gasteiger charge is -2.28. The van der Waals surface area contributed by atoms with Crippen molar-refractivity contribution in [2.45, 2.75) is 103 Å². The molecule has 1 aliphatic rings. The molecule has 0 radical (unpaired) electrons. The SMILES string of the molecule is CCCCCCCCC#Cc1ccc(C#Cc2ccc(C3CCC(CCC)CC3)cc2)cc1. The zero-order valence-electron chi connectivity index (χ0n) is 21.0. The van der Waals surface area contributed by atoms with Gasteiger partial charge in [-0.2, -0.15) is 0 Å². The normalized spacial score (nSPS) is 17.5. The summed E-state index contributed by atoms with van der Waals surface area (Å²) in [7, 11) is 0. The van der Waals surface area contributed by atoms with Gasteiger partial charge in [-0.25, -0.2) is 0 Å². The first-order valence-electron chi connectivity index (χ1n) is 13.5. The number of hydrogen-bond acceptors (Lipinski definition) is 0. The second-order valence-corrected chi connectivity index (χ2v) is 9.78. The number of unbranched alkanes of at least 4 members (excludes halogenated alkanes) is 6. The van der Waals surface area contributed by atoms with Crippen LogP contribution in [-0.2, 0) is 0 Å². The minimum absolute atomic E-state index is 0.745. The van der Waals surface area contributed by atoms with Crippen molar-refractivity contribution in [3.05, 3.63) is 70.8 Å². The summed E-state index contributed by atoms with van der Waals surface area (Å²) in [6.07, 6.45) is 17.2. The van der Waals surface area contributed by atoms with E-state index in [9.17, 15) is 0 Å². The maximum atomic E-state index is 3.33. The fourth-order valence-electron chi connectivity index (χ4n) is 4.97. The van der Waals surface area contributed by atoms with Gasteiger partial charge in [0.05, 0.1) is 0 Å². The van der Waals surface area contributed by atoms with Gasteiger partial charge in [0.25, 0.3) is 0 Å². The van der Waals surface area contributed by atoms with E-state index in [-0.39, 0.29) is 0 Å². The van der Waals surface area contributed by atoms with Crippen LogP contribution in [0.5, 0.6) is 0 Å². The summed E-state index contributed by atoms with van der Waals surface area (Å²) < 4.78 is 0. The van der Waals surface area contributed by atoms with Gasteiger partial charge in [0.15, 0.2) is 0 Å². The van der Waals surface area contributed by atoms with Gasteiger partial charge in [-0.05, 0) is 85.9 Å². The molecule has 1 fully saturated rings. The molecule has 0 N–H and O–H groups in total. The molecule has 3 rings (SSSR count). The van der Waals surface area contributed by atoms with E-state index in [1.54, 1.807) is 0 Å². The van der Waals surface area contributed by atoms with Crippen molar-refractivity contribution < 1.29 is 0 Å². The first kappa shape index (κ1) is 25.2. The van der Waals surface area contributed by atoms with Gasteiger partial charge in [-0.15, -0.1) is 0 Å². The average molecular weight is 439 g/mol. The Bertz CT molecular complexity index is 916. The highest BCUT2D eigenvalue weighted by atomic mass is 14.3. The van der Waals surface area contributed by atoms with E-state index in [1.807, 2.05) is 0 Å². The Morgan fingerprint density at radius 2 is 1.15 bits per heavy atom. The summed E-state index contributed by atoms with van der Waals surface area (Å²) in [5, 5.41) is 0. The smallest absolute Gasteiger partial charge is 0.0249 e. The highest BCUT2D eigenvalue weighted by Gasteiger charge is 2.21. The predicted octanol–water partition coefficient (Wildman–Crippen LogP) is 9.26. The van der Waals surface area contributed by atoms with Crippen LogP contribution < -0.4 is 0 Å². The molecule has 0 amide bonds. The fraction of sp³-hybridized carbons (Fsp3) is 0.515. The summed E-state index contributed by atoms with van der Waals surface area (Å²) in [6, 6.07) is 17.4. The summed E-state index contributed by atoms with van der Waals surface area (Å²) in [4.78, 5) is 0. The summed E-state index contributed by atoms with van der Waals surface area (Å²) in [6.45, 7) is 4.57. The van der Waals surface area contributed by atoms with E-state index in [2.05, 4.69) is 86.1 Å². The van der Waals surface area contributed by atoms with Crippen molar-refractivity contribution in [3.63, 3.8) is 0 Å². The average Bonchev–Trinajstić information content (AvgIpc) is 2.86. The highest BCUT2D eigenvalue weighted by Crippen LogP contribution is 2.37. The van der Waals surface area contributed by atoms with Gasteiger partial charge in [0, 0.05) is 23.1 Å².